The fourth-order valence-electron chi connectivity index (χ4n) is 2.67. The van der Waals surface area contributed by atoms with Crippen LogP contribution in [0.4, 0.5) is 4.39 Å². The monoisotopic (exact) mass is 266 g/mol. The van der Waals surface area contributed by atoms with E-state index in [1.54, 1.807) is 18.2 Å². The first-order chi connectivity index (χ1) is 9.00. The van der Waals surface area contributed by atoms with E-state index in [0.29, 0.717) is 0 Å². The molecule has 0 saturated heterocycles. The van der Waals surface area contributed by atoms with Crippen LogP contribution < -0.4 is 0 Å². The quantitative estimate of drug-likeness (QED) is 0.833. The predicted octanol–water partition coefficient (Wildman–Crippen LogP) is 2.57. The average Bonchev–Trinajstić information content (AvgIpc) is 3.22. The van der Waals surface area contributed by atoms with Gasteiger partial charge in [0.05, 0.1) is 13.7 Å². The highest BCUT2D eigenvalue weighted by Gasteiger charge is 2.50. The second kappa shape index (κ2) is 5.29. The number of hydrogen-bond donors (Lipinski definition) is 1. The Kier molecular flexibility index (Phi) is 3.90. The Morgan fingerprint density at radius 3 is 2.79 bits per heavy atom. The Morgan fingerprint density at radius 1 is 1.58 bits per heavy atom. The summed E-state index contributed by atoms with van der Waals surface area (Å²) in [5, 5.41) is 9.17. The molecule has 1 aromatic carbocycles. The normalized spacial score (nSPS) is 19.6. The van der Waals surface area contributed by atoms with Crippen molar-refractivity contribution in [3.05, 3.63) is 35.4 Å². The molecular weight excluding hydrogens is 247 g/mol. The lowest BCUT2D eigenvalue weighted by atomic mass is 9.80. The van der Waals surface area contributed by atoms with Crippen LogP contribution >= 0.6 is 0 Å². The number of aliphatic hydroxyl groups is 1. The Morgan fingerprint density at radius 2 is 2.26 bits per heavy atom. The van der Waals surface area contributed by atoms with Crippen LogP contribution in [0.1, 0.15) is 36.8 Å². The van der Waals surface area contributed by atoms with Gasteiger partial charge in [-0.3, -0.25) is 0 Å². The molecule has 1 unspecified atom stereocenters. The maximum Gasteiger partial charge on any atom is 0.343 e. The first-order valence-electron chi connectivity index (χ1n) is 6.47. The van der Waals surface area contributed by atoms with Crippen LogP contribution in [0.2, 0.25) is 0 Å². The number of hydrogen-bond acceptors (Lipinski definition) is 3. The smallest absolute Gasteiger partial charge is 0.343 e. The van der Waals surface area contributed by atoms with Crippen LogP contribution in [0.3, 0.4) is 0 Å². The summed E-state index contributed by atoms with van der Waals surface area (Å²) in [7, 11) is 1.20. The predicted molar refractivity (Wildman–Crippen MR) is 69.4 cm³/mol. The second-order valence-electron chi connectivity index (χ2n) is 5.29. The van der Waals surface area contributed by atoms with Crippen LogP contribution in [0, 0.1) is 5.92 Å². The van der Waals surface area contributed by atoms with E-state index in [0.717, 1.165) is 24.0 Å². The minimum Gasteiger partial charge on any atom is -0.467 e. The van der Waals surface area contributed by atoms with Gasteiger partial charge in [0.2, 0.25) is 5.67 Å². The summed E-state index contributed by atoms with van der Waals surface area (Å²) in [5.41, 5.74) is -0.558. The lowest BCUT2D eigenvalue weighted by Crippen LogP contribution is -2.39. The third-order valence-electron chi connectivity index (χ3n) is 3.75. The molecule has 0 amide bonds. The summed E-state index contributed by atoms with van der Waals surface area (Å²) < 4.78 is 19.4. The van der Waals surface area contributed by atoms with Gasteiger partial charge in [-0.2, -0.15) is 0 Å². The van der Waals surface area contributed by atoms with E-state index < -0.39 is 17.6 Å². The summed E-state index contributed by atoms with van der Waals surface area (Å²) in [6, 6.07) is 7.14. The molecule has 0 aliphatic heterocycles. The molecule has 0 bridgehead atoms. The van der Waals surface area contributed by atoms with Crippen molar-refractivity contribution >= 4 is 5.97 Å². The zero-order valence-electron chi connectivity index (χ0n) is 11.2. The van der Waals surface area contributed by atoms with Crippen LogP contribution in [0.25, 0.3) is 0 Å². The number of carbonyl (C=O) groups is 1. The second-order valence-corrected chi connectivity index (χ2v) is 5.29. The van der Waals surface area contributed by atoms with Gasteiger partial charge < -0.3 is 9.84 Å². The van der Waals surface area contributed by atoms with Crippen molar-refractivity contribution in [2.24, 2.45) is 5.92 Å². The Balaban J connectivity index is 2.37. The highest BCUT2D eigenvalue weighted by atomic mass is 19.1. The molecule has 1 fully saturated rings. The van der Waals surface area contributed by atoms with Crippen molar-refractivity contribution in [1.29, 1.82) is 0 Å². The molecule has 0 aromatic heterocycles. The van der Waals surface area contributed by atoms with Gasteiger partial charge in [-0.05, 0) is 36.8 Å². The lowest BCUT2D eigenvalue weighted by Gasteiger charge is -2.29. The third-order valence-corrected chi connectivity index (χ3v) is 3.75. The van der Waals surface area contributed by atoms with Gasteiger partial charge in [0.1, 0.15) is 0 Å². The molecule has 0 radical (unpaired) electrons. The first kappa shape index (κ1) is 14.0. The number of rotatable bonds is 5. The molecule has 0 spiro atoms. The fraction of sp³-hybridized carbons (Fsp3) is 0.533. The van der Waals surface area contributed by atoms with Crippen molar-refractivity contribution < 1.29 is 19.0 Å². The summed E-state index contributed by atoms with van der Waals surface area (Å²) in [6.07, 6.45) is 1.84. The standard InChI is InChI=1S/C15H19FO3/c1-15(16,14(18)19-2)13(11-6-7-11)12-5-3-4-10(8-12)9-17/h3-5,8,11,13,17H,6-7,9H2,1-2H3/t13-,15?/m0/s1. The number of alkyl halides is 1. The van der Waals surface area contributed by atoms with E-state index in [9.17, 15) is 14.3 Å². The fourth-order valence-corrected chi connectivity index (χ4v) is 2.67. The largest absolute Gasteiger partial charge is 0.467 e. The number of ether oxygens (including phenoxy) is 1. The van der Waals surface area contributed by atoms with Crippen LogP contribution in [0.15, 0.2) is 24.3 Å². The van der Waals surface area contributed by atoms with Crippen LogP contribution in [0.5, 0.6) is 0 Å². The molecule has 2 rings (SSSR count). The van der Waals surface area contributed by atoms with Crippen molar-refractivity contribution in [1.82, 2.24) is 0 Å². The van der Waals surface area contributed by atoms with E-state index in [1.807, 2.05) is 6.07 Å². The minimum atomic E-state index is -2.04. The highest BCUT2D eigenvalue weighted by molar-refractivity contribution is 5.80. The minimum absolute atomic E-state index is 0.0908. The molecule has 1 N–H and O–H groups in total. The molecule has 1 aliphatic rings. The zero-order chi connectivity index (χ0) is 14.0. The number of methoxy groups -OCH3 is 1. The summed E-state index contributed by atoms with van der Waals surface area (Å²) >= 11 is 0. The lowest BCUT2D eigenvalue weighted by molar-refractivity contribution is -0.155. The first-order valence-corrected chi connectivity index (χ1v) is 6.47. The molecule has 4 heteroatoms. The van der Waals surface area contributed by atoms with E-state index in [-0.39, 0.29) is 12.5 Å². The van der Waals surface area contributed by atoms with Gasteiger partial charge >= 0.3 is 5.97 Å². The zero-order valence-corrected chi connectivity index (χ0v) is 11.2. The maximum atomic E-state index is 14.8. The molecule has 2 atom stereocenters. The maximum absolute atomic E-state index is 14.8. The van der Waals surface area contributed by atoms with Gasteiger partial charge in [0.15, 0.2) is 0 Å². The van der Waals surface area contributed by atoms with Crippen molar-refractivity contribution in [2.45, 2.75) is 38.0 Å². The Hall–Kier alpha value is -1.42. The molecule has 1 aliphatic carbocycles. The molecular formula is C15H19FO3. The van der Waals surface area contributed by atoms with Crippen LogP contribution in [-0.4, -0.2) is 23.9 Å². The summed E-state index contributed by atoms with van der Waals surface area (Å²) in [5.74, 6) is -1.17. The third kappa shape index (κ3) is 2.78. The Bertz CT molecular complexity index is 466. The van der Waals surface area contributed by atoms with Gasteiger partial charge in [-0.25, -0.2) is 9.18 Å². The SMILES string of the molecule is COC(=O)C(C)(F)[C@H](c1cccc(CO)c1)C1CC1. The van der Waals surface area contributed by atoms with Gasteiger partial charge in [-0.1, -0.05) is 24.3 Å². The van der Waals surface area contributed by atoms with Gasteiger partial charge in [0, 0.05) is 5.92 Å². The molecule has 19 heavy (non-hydrogen) atoms. The highest BCUT2D eigenvalue weighted by Crippen LogP contribution is 2.50. The van der Waals surface area contributed by atoms with E-state index >= 15 is 0 Å². The average molecular weight is 266 g/mol. The van der Waals surface area contributed by atoms with Crippen molar-refractivity contribution in [3.8, 4) is 0 Å². The van der Waals surface area contributed by atoms with E-state index in [4.69, 9.17) is 0 Å². The van der Waals surface area contributed by atoms with Crippen molar-refractivity contribution in [2.75, 3.05) is 7.11 Å². The van der Waals surface area contributed by atoms with Crippen molar-refractivity contribution in [3.63, 3.8) is 0 Å². The molecule has 0 heterocycles. The van der Waals surface area contributed by atoms with Crippen LogP contribution in [-0.2, 0) is 16.1 Å². The molecule has 104 valence electrons. The number of aliphatic hydroxyl groups excluding tert-OH is 1. The number of halogens is 1. The van der Waals surface area contributed by atoms with E-state index in [1.165, 1.54) is 14.0 Å². The van der Waals surface area contributed by atoms with Gasteiger partial charge in [0.25, 0.3) is 0 Å². The number of esters is 1. The Labute approximate surface area is 112 Å². The molecule has 1 aromatic rings. The number of carbonyl (C=O) groups excluding carboxylic acids is 1. The topological polar surface area (TPSA) is 46.5 Å². The van der Waals surface area contributed by atoms with Gasteiger partial charge in [-0.15, -0.1) is 0 Å². The summed E-state index contributed by atoms with van der Waals surface area (Å²) in [6.45, 7) is 1.19. The van der Waals surface area contributed by atoms with E-state index in [2.05, 4.69) is 4.74 Å². The number of benzene rings is 1. The summed E-state index contributed by atoms with van der Waals surface area (Å²) in [4.78, 5) is 11.7. The molecule has 3 nitrogen and oxygen atoms in total. The molecule has 1 saturated carbocycles.